The molecule has 1 aliphatic rings. The molecule has 0 saturated carbocycles. The molecule has 0 radical (unpaired) electrons. The number of hydrogen-bond acceptors (Lipinski definition) is 6. The molecule has 3 N–H and O–H groups in total. The minimum Gasteiger partial charge on any atom is -0.390 e. The van der Waals surface area contributed by atoms with Gasteiger partial charge in [-0.25, -0.2) is 9.37 Å². The number of imidazole rings is 1. The van der Waals surface area contributed by atoms with E-state index in [2.05, 4.69) is 9.97 Å². The molecule has 0 spiro atoms. The van der Waals surface area contributed by atoms with Crippen LogP contribution in [0.25, 0.3) is 0 Å². The van der Waals surface area contributed by atoms with Crippen LogP contribution in [-0.2, 0) is 4.74 Å². The molecule has 94 valence electrons. The van der Waals surface area contributed by atoms with Gasteiger partial charge in [0.2, 0.25) is 0 Å². The fourth-order valence-corrected chi connectivity index (χ4v) is 1.69. The van der Waals surface area contributed by atoms with Crippen LogP contribution in [0.4, 0.5) is 10.3 Å². The van der Waals surface area contributed by atoms with Crippen molar-refractivity contribution in [3.8, 4) is 0 Å². The van der Waals surface area contributed by atoms with Crippen molar-refractivity contribution in [1.82, 2.24) is 9.97 Å². The second-order valence-corrected chi connectivity index (χ2v) is 3.65. The molecule has 1 fully saturated rings. The largest absolute Gasteiger partial charge is 0.432 e. The molecule has 1 saturated heterocycles. The number of H-pyrrole nitrogens is 1. The zero-order valence-electron chi connectivity index (χ0n) is 8.49. The van der Waals surface area contributed by atoms with E-state index in [4.69, 9.17) is 4.74 Å². The van der Waals surface area contributed by atoms with E-state index in [1.54, 1.807) is 0 Å². The Hall–Kier alpha value is -1.58. The highest BCUT2D eigenvalue weighted by Crippen LogP contribution is 2.33. The van der Waals surface area contributed by atoms with Crippen LogP contribution in [-0.4, -0.2) is 50.1 Å². The van der Waals surface area contributed by atoms with E-state index >= 15 is 0 Å². The Bertz CT molecular complexity index is 425. The van der Waals surface area contributed by atoms with Gasteiger partial charge in [-0.2, -0.15) is 0 Å². The maximum atomic E-state index is 12.4. The predicted octanol–water partition coefficient (Wildman–Crippen LogP) is -0.551. The van der Waals surface area contributed by atoms with Crippen molar-refractivity contribution in [2.45, 2.75) is 24.4 Å². The lowest BCUT2D eigenvalue weighted by Crippen LogP contribution is -2.31. The number of nitrogens with one attached hydrogen (secondary N) is 1. The van der Waals surface area contributed by atoms with Gasteiger partial charge < -0.3 is 25.1 Å². The van der Waals surface area contributed by atoms with Gasteiger partial charge in [-0.1, -0.05) is 4.98 Å². The zero-order valence-corrected chi connectivity index (χ0v) is 8.49. The van der Waals surface area contributed by atoms with Crippen LogP contribution in [0.5, 0.6) is 0 Å². The second kappa shape index (κ2) is 4.35. The molecule has 17 heavy (non-hydrogen) atoms. The third-order valence-corrected chi connectivity index (χ3v) is 2.58. The SMILES string of the molecule is O=[N+]([O-])c1ncc([C@@H]2O[C@H](CF)[C@@H](O)[C@@H]2O)[nH]1. The molecule has 2 rings (SSSR count). The zero-order chi connectivity index (χ0) is 12.6. The Labute approximate surface area is 94.2 Å². The van der Waals surface area contributed by atoms with Crippen molar-refractivity contribution in [2.75, 3.05) is 6.67 Å². The number of alkyl halides is 1. The van der Waals surface area contributed by atoms with Crippen molar-refractivity contribution in [1.29, 1.82) is 0 Å². The first-order valence-electron chi connectivity index (χ1n) is 4.81. The molecule has 9 heteroatoms. The molecule has 0 aromatic carbocycles. The maximum absolute atomic E-state index is 12.4. The molecule has 4 atom stereocenters. The van der Waals surface area contributed by atoms with E-state index in [1.807, 2.05) is 0 Å². The van der Waals surface area contributed by atoms with E-state index in [1.165, 1.54) is 0 Å². The molecule has 1 aromatic heterocycles. The topological polar surface area (TPSA) is 122 Å². The van der Waals surface area contributed by atoms with Crippen molar-refractivity contribution in [2.24, 2.45) is 0 Å². The number of rotatable bonds is 3. The molecular weight excluding hydrogens is 237 g/mol. The minimum atomic E-state index is -1.37. The van der Waals surface area contributed by atoms with E-state index in [0.29, 0.717) is 0 Å². The summed E-state index contributed by atoms with van der Waals surface area (Å²) in [7, 11) is 0. The van der Waals surface area contributed by atoms with Crippen LogP contribution < -0.4 is 0 Å². The summed E-state index contributed by atoms with van der Waals surface area (Å²) in [6, 6.07) is 0. The fraction of sp³-hybridized carbons (Fsp3) is 0.625. The van der Waals surface area contributed by atoms with Gasteiger partial charge in [0.05, 0.1) is 0 Å². The predicted molar refractivity (Wildman–Crippen MR) is 50.8 cm³/mol. The first-order valence-corrected chi connectivity index (χ1v) is 4.81. The first-order chi connectivity index (χ1) is 8.04. The Morgan fingerprint density at radius 3 is 2.76 bits per heavy atom. The van der Waals surface area contributed by atoms with Gasteiger partial charge in [0, 0.05) is 0 Å². The van der Waals surface area contributed by atoms with Gasteiger partial charge in [-0.05, 0) is 4.92 Å². The summed E-state index contributed by atoms with van der Waals surface area (Å²) in [5.41, 5.74) is 0.124. The van der Waals surface area contributed by atoms with Crippen LogP contribution in [0.2, 0.25) is 0 Å². The van der Waals surface area contributed by atoms with Gasteiger partial charge >= 0.3 is 5.95 Å². The summed E-state index contributed by atoms with van der Waals surface area (Å²) in [5, 5.41) is 29.4. The lowest BCUT2D eigenvalue weighted by Gasteiger charge is -2.10. The smallest absolute Gasteiger partial charge is 0.390 e. The second-order valence-electron chi connectivity index (χ2n) is 3.65. The van der Waals surface area contributed by atoms with Crippen LogP contribution in [0, 0.1) is 10.1 Å². The van der Waals surface area contributed by atoms with Crippen molar-refractivity contribution in [3.05, 3.63) is 22.0 Å². The Morgan fingerprint density at radius 1 is 1.59 bits per heavy atom. The standard InChI is InChI=1S/C8H10FN3O5/c9-1-4-5(13)6(14)7(17-4)3-2-10-8(11-3)12(15)16/h2,4-7,13-14H,1H2,(H,10,11)/t4-,5-,6+,7+/m1/s1. The van der Waals surface area contributed by atoms with Gasteiger partial charge in [-0.15, -0.1) is 0 Å². The molecule has 1 aromatic rings. The number of aromatic nitrogens is 2. The molecule has 0 unspecified atom stereocenters. The highest BCUT2D eigenvalue weighted by atomic mass is 19.1. The minimum absolute atomic E-state index is 0.124. The number of aromatic amines is 1. The van der Waals surface area contributed by atoms with E-state index < -0.39 is 42.0 Å². The average Bonchev–Trinajstić information content (AvgIpc) is 2.87. The Balaban J connectivity index is 2.19. The van der Waals surface area contributed by atoms with Crippen molar-refractivity contribution >= 4 is 5.95 Å². The molecule has 2 heterocycles. The number of nitrogens with zero attached hydrogens (tertiary/aromatic N) is 2. The lowest BCUT2D eigenvalue weighted by atomic mass is 10.1. The third kappa shape index (κ3) is 1.99. The van der Waals surface area contributed by atoms with Crippen LogP contribution in [0.1, 0.15) is 11.8 Å². The van der Waals surface area contributed by atoms with Gasteiger partial charge in [-0.3, -0.25) is 0 Å². The number of aliphatic hydroxyl groups is 2. The summed E-state index contributed by atoms with van der Waals surface area (Å²) in [6.45, 7) is -0.953. The first kappa shape index (κ1) is 11.9. The van der Waals surface area contributed by atoms with E-state index in [9.17, 15) is 24.7 Å². The van der Waals surface area contributed by atoms with Crippen LogP contribution in [0.3, 0.4) is 0 Å². The highest BCUT2D eigenvalue weighted by Gasteiger charge is 2.45. The molecule has 1 aliphatic heterocycles. The molecular formula is C8H10FN3O5. The fourth-order valence-electron chi connectivity index (χ4n) is 1.69. The van der Waals surface area contributed by atoms with Gasteiger partial charge in [0.15, 0.2) is 0 Å². The third-order valence-electron chi connectivity index (χ3n) is 2.58. The molecule has 0 amide bonds. The number of nitro groups is 1. The van der Waals surface area contributed by atoms with E-state index in [0.717, 1.165) is 6.20 Å². The summed E-state index contributed by atoms with van der Waals surface area (Å²) in [5.74, 6) is -0.506. The lowest BCUT2D eigenvalue weighted by molar-refractivity contribution is -0.393. The normalized spacial score (nSPS) is 32.9. The van der Waals surface area contributed by atoms with Crippen LogP contribution >= 0.6 is 0 Å². The van der Waals surface area contributed by atoms with E-state index in [-0.39, 0.29) is 5.69 Å². The quantitative estimate of drug-likeness (QED) is 0.486. The average molecular weight is 247 g/mol. The van der Waals surface area contributed by atoms with Crippen LogP contribution in [0.15, 0.2) is 6.20 Å². The summed E-state index contributed by atoms with van der Waals surface area (Å²) < 4.78 is 17.5. The molecule has 0 bridgehead atoms. The monoisotopic (exact) mass is 247 g/mol. The summed E-state index contributed by atoms with van der Waals surface area (Å²) in [6.07, 6.45) is -3.80. The number of halogens is 1. The van der Waals surface area contributed by atoms with Crippen molar-refractivity contribution < 1.29 is 24.3 Å². The Kier molecular flexibility index (Phi) is 3.05. The molecule has 0 aliphatic carbocycles. The number of ether oxygens (including phenoxy) is 1. The van der Waals surface area contributed by atoms with Crippen molar-refractivity contribution in [3.63, 3.8) is 0 Å². The van der Waals surface area contributed by atoms with Gasteiger partial charge in [0.25, 0.3) is 0 Å². The molecule has 8 nitrogen and oxygen atoms in total. The number of aliphatic hydroxyl groups excluding tert-OH is 2. The van der Waals surface area contributed by atoms with Gasteiger partial charge in [0.1, 0.15) is 43.0 Å². The Morgan fingerprint density at radius 2 is 2.29 bits per heavy atom. The summed E-state index contributed by atoms with van der Waals surface area (Å²) >= 11 is 0. The maximum Gasteiger partial charge on any atom is 0.432 e. The number of hydrogen-bond donors (Lipinski definition) is 3. The summed E-state index contributed by atoms with van der Waals surface area (Å²) in [4.78, 5) is 15.4. The highest BCUT2D eigenvalue weighted by molar-refractivity contribution is 5.16.